The van der Waals surface area contributed by atoms with Crippen molar-refractivity contribution in [3.63, 3.8) is 0 Å². The van der Waals surface area contributed by atoms with Crippen molar-refractivity contribution < 1.29 is 19.4 Å². The summed E-state index contributed by atoms with van der Waals surface area (Å²) < 4.78 is 11.3. The van der Waals surface area contributed by atoms with Crippen molar-refractivity contribution in [2.45, 2.75) is 64.5 Å². The van der Waals surface area contributed by atoms with Gasteiger partial charge in [-0.1, -0.05) is 39.2 Å². The third kappa shape index (κ3) is 6.09. The highest BCUT2D eigenvalue weighted by atomic mass is 16.6. The smallest absolute Gasteiger partial charge is 0.223 e. The van der Waals surface area contributed by atoms with Gasteiger partial charge in [0.15, 0.2) is 11.5 Å². The summed E-state index contributed by atoms with van der Waals surface area (Å²) >= 11 is 0. The van der Waals surface area contributed by atoms with Crippen LogP contribution >= 0.6 is 0 Å². The van der Waals surface area contributed by atoms with Crippen LogP contribution in [-0.2, 0) is 4.79 Å². The number of nitrogens with zero attached hydrogens (tertiary/aromatic N) is 1. The number of nitrogens with one attached hydrogen (secondary N) is 1. The minimum Gasteiger partial charge on any atom is -0.486 e. The first-order valence-electron chi connectivity index (χ1n) is 11.2. The Labute approximate surface area is 174 Å². The normalized spacial score (nSPS) is 19.6. The summed E-state index contributed by atoms with van der Waals surface area (Å²) in [5.74, 6) is 1.35. The second-order valence-electron chi connectivity index (χ2n) is 8.37. The van der Waals surface area contributed by atoms with Gasteiger partial charge in [-0.25, -0.2) is 0 Å². The molecule has 3 atom stereocenters. The fraction of sp³-hybridized carbons (Fsp3) is 0.696. The monoisotopic (exact) mass is 404 g/mol. The molecule has 1 saturated heterocycles. The van der Waals surface area contributed by atoms with Crippen LogP contribution in [0.5, 0.6) is 11.5 Å². The van der Waals surface area contributed by atoms with Crippen LogP contribution in [0.2, 0.25) is 0 Å². The number of ether oxygens (including phenoxy) is 2. The van der Waals surface area contributed by atoms with Crippen LogP contribution in [0.4, 0.5) is 0 Å². The zero-order chi connectivity index (χ0) is 20.6. The number of carbonyl (C=O) groups excluding carboxylic acids is 1. The summed E-state index contributed by atoms with van der Waals surface area (Å²) in [6.07, 6.45) is 5.80. The average molecular weight is 405 g/mol. The maximum Gasteiger partial charge on any atom is 0.223 e. The molecular formula is C23H36N2O4. The predicted molar refractivity (Wildman–Crippen MR) is 113 cm³/mol. The number of fused-ring (bicyclic) bond motifs is 1. The maximum absolute atomic E-state index is 12.8. The minimum atomic E-state index is -0.793. The molecule has 0 aromatic heterocycles. The lowest BCUT2D eigenvalue weighted by molar-refractivity contribution is -0.126. The van der Waals surface area contributed by atoms with Crippen LogP contribution in [-0.4, -0.2) is 54.8 Å². The number of benzene rings is 1. The summed E-state index contributed by atoms with van der Waals surface area (Å²) in [5.41, 5.74) is 0.748. The van der Waals surface area contributed by atoms with Gasteiger partial charge in [0.1, 0.15) is 19.3 Å². The van der Waals surface area contributed by atoms with E-state index in [9.17, 15) is 9.90 Å². The second-order valence-corrected chi connectivity index (χ2v) is 8.37. The highest BCUT2D eigenvalue weighted by molar-refractivity contribution is 5.78. The third-order valence-corrected chi connectivity index (χ3v) is 5.96. The molecule has 3 rings (SSSR count). The van der Waals surface area contributed by atoms with E-state index in [4.69, 9.17) is 9.47 Å². The minimum absolute atomic E-state index is 0.0295. The number of aliphatic hydroxyl groups is 1. The van der Waals surface area contributed by atoms with E-state index in [0.29, 0.717) is 31.3 Å². The van der Waals surface area contributed by atoms with Gasteiger partial charge in [0.25, 0.3) is 0 Å². The molecule has 0 bridgehead atoms. The first-order chi connectivity index (χ1) is 14.1. The molecule has 2 aliphatic heterocycles. The van der Waals surface area contributed by atoms with Gasteiger partial charge in [-0.05, 0) is 50.0 Å². The van der Waals surface area contributed by atoms with Gasteiger partial charge in [-0.2, -0.15) is 0 Å². The SMILES string of the molecule is CCCCCC(C)C(=O)NC(CN1CCCC1)C(O)c1ccc2c(c1)OCCO2. The fourth-order valence-corrected chi connectivity index (χ4v) is 4.10. The van der Waals surface area contributed by atoms with Crippen molar-refractivity contribution in [1.82, 2.24) is 10.2 Å². The second kappa shape index (κ2) is 10.8. The van der Waals surface area contributed by atoms with E-state index in [1.807, 2.05) is 25.1 Å². The molecule has 6 heteroatoms. The van der Waals surface area contributed by atoms with E-state index in [1.165, 1.54) is 12.8 Å². The molecule has 0 spiro atoms. The molecule has 0 radical (unpaired) electrons. The lowest BCUT2D eigenvalue weighted by Gasteiger charge is -2.30. The average Bonchev–Trinajstić information content (AvgIpc) is 3.25. The Morgan fingerprint density at radius 2 is 1.90 bits per heavy atom. The van der Waals surface area contributed by atoms with Gasteiger partial charge in [0.05, 0.1) is 6.04 Å². The zero-order valence-electron chi connectivity index (χ0n) is 17.9. The molecule has 1 aromatic rings. The predicted octanol–water partition coefficient (Wildman–Crippen LogP) is 3.29. The summed E-state index contributed by atoms with van der Waals surface area (Å²) in [4.78, 5) is 15.1. The number of unbranched alkanes of at least 4 members (excludes halogenated alkanes) is 2. The van der Waals surface area contributed by atoms with Crippen molar-refractivity contribution in [2.24, 2.45) is 5.92 Å². The highest BCUT2D eigenvalue weighted by Gasteiger charge is 2.29. The van der Waals surface area contributed by atoms with Crippen LogP contribution in [0.15, 0.2) is 18.2 Å². The molecule has 162 valence electrons. The Hall–Kier alpha value is -1.79. The molecule has 2 heterocycles. The fourth-order valence-electron chi connectivity index (χ4n) is 4.10. The van der Waals surface area contributed by atoms with Gasteiger partial charge < -0.3 is 24.8 Å². The van der Waals surface area contributed by atoms with E-state index in [0.717, 1.165) is 44.3 Å². The van der Waals surface area contributed by atoms with Gasteiger partial charge >= 0.3 is 0 Å². The molecule has 6 nitrogen and oxygen atoms in total. The maximum atomic E-state index is 12.8. The lowest BCUT2D eigenvalue weighted by atomic mass is 9.98. The van der Waals surface area contributed by atoms with Crippen molar-refractivity contribution in [2.75, 3.05) is 32.8 Å². The van der Waals surface area contributed by atoms with E-state index in [-0.39, 0.29) is 17.9 Å². The first-order valence-corrected chi connectivity index (χ1v) is 11.2. The number of rotatable bonds is 10. The Morgan fingerprint density at radius 3 is 2.62 bits per heavy atom. The van der Waals surface area contributed by atoms with E-state index >= 15 is 0 Å². The van der Waals surface area contributed by atoms with Gasteiger partial charge in [0.2, 0.25) is 5.91 Å². The highest BCUT2D eigenvalue weighted by Crippen LogP contribution is 2.33. The standard InChI is InChI=1S/C23H36N2O4/c1-3-4-5-8-17(2)23(27)24-19(16-25-11-6-7-12-25)22(26)18-9-10-20-21(15-18)29-14-13-28-20/h9-10,15,17,19,22,26H,3-8,11-14,16H2,1-2H3,(H,24,27). The van der Waals surface area contributed by atoms with Crippen LogP contribution in [0.25, 0.3) is 0 Å². The number of hydrogen-bond acceptors (Lipinski definition) is 5. The van der Waals surface area contributed by atoms with Crippen molar-refractivity contribution >= 4 is 5.91 Å². The summed E-state index contributed by atoms with van der Waals surface area (Å²) in [6.45, 7) is 7.89. The Balaban J connectivity index is 1.69. The van der Waals surface area contributed by atoms with E-state index < -0.39 is 6.10 Å². The molecule has 29 heavy (non-hydrogen) atoms. The Kier molecular flexibility index (Phi) is 8.19. The van der Waals surface area contributed by atoms with Gasteiger partial charge in [0, 0.05) is 12.5 Å². The number of likely N-dealkylation sites (tertiary alicyclic amines) is 1. The Bertz CT molecular complexity index is 660. The lowest BCUT2D eigenvalue weighted by Crippen LogP contribution is -2.48. The molecule has 0 saturated carbocycles. The van der Waals surface area contributed by atoms with Crippen LogP contribution < -0.4 is 14.8 Å². The largest absolute Gasteiger partial charge is 0.486 e. The zero-order valence-corrected chi connectivity index (χ0v) is 17.9. The summed E-state index contributed by atoms with van der Waals surface area (Å²) in [6, 6.07) is 5.20. The number of carbonyl (C=O) groups is 1. The van der Waals surface area contributed by atoms with Crippen molar-refractivity contribution in [1.29, 1.82) is 0 Å². The van der Waals surface area contributed by atoms with Gasteiger partial charge in [-0.15, -0.1) is 0 Å². The third-order valence-electron chi connectivity index (χ3n) is 5.96. The van der Waals surface area contributed by atoms with Gasteiger partial charge in [-0.3, -0.25) is 4.79 Å². The first kappa shape index (κ1) is 21.9. The van der Waals surface area contributed by atoms with Crippen LogP contribution in [0, 0.1) is 5.92 Å². The van der Waals surface area contributed by atoms with Crippen LogP contribution in [0.3, 0.4) is 0 Å². The molecule has 3 unspecified atom stereocenters. The number of hydrogen-bond donors (Lipinski definition) is 2. The molecule has 1 aromatic carbocycles. The topological polar surface area (TPSA) is 71.0 Å². The number of amides is 1. The molecule has 2 N–H and O–H groups in total. The molecule has 2 aliphatic rings. The molecule has 0 aliphatic carbocycles. The number of aliphatic hydroxyl groups excluding tert-OH is 1. The van der Waals surface area contributed by atoms with Crippen LogP contribution in [0.1, 0.15) is 64.0 Å². The quantitative estimate of drug-likeness (QED) is 0.586. The molecular weight excluding hydrogens is 368 g/mol. The summed E-state index contributed by atoms with van der Waals surface area (Å²) in [5, 5.41) is 14.3. The Morgan fingerprint density at radius 1 is 1.17 bits per heavy atom. The van der Waals surface area contributed by atoms with E-state index in [1.54, 1.807) is 0 Å². The van der Waals surface area contributed by atoms with Crippen molar-refractivity contribution in [3.8, 4) is 11.5 Å². The van der Waals surface area contributed by atoms with Crippen molar-refractivity contribution in [3.05, 3.63) is 23.8 Å². The summed E-state index contributed by atoms with van der Waals surface area (Å²) in [7, 11) is 0. The van der Waals surface area contributed by atoms with E-state index in [2.05, 4.69) is 17.1 Å². The molecule has 1 amide bonds. The molecule has 1 fully saturated rings.